The minimum atomic E-state index is -4.02. The van der Waals surface area contributed by atoms with Crippen LogP contribution in [0.2, 0.25) is 15.1 Å². The predicted octanol–water partition coefficient (Wildman–Crippen LogP) is 7.64. The van der Waals surface area contributed by atoms with Crippen LogP contribution in [0.25, 0.3) is 6.08 Å². The van der Waals surface area contributed by atoms with Crippen LogP contribution in [0.1, 0.15) is 56.1 Å². The fraction of sp³-hybridized carbons (Fsp3) is 0.312. The number of allylic oxidation sites excluding steroid dienone is 1. The molecule has 0 saturated heterocycles. The minimum absolute atomic E-state index is 0.0157. The highest BCUT2D eigenvalue weighted by atomic mass is 35.5. The van der Waals surface area contributed by atoms with E-state index in [0.29, 0.717) is 37.8 Å². The van der Waals surface area contributed by atoms with Gasteiger partial charge in [-0.3, -0.25) is 4.79 Å². The molecular formula is C32H31Cl3N2O6S. The van der Waals surface area contributed by atoms with Crippen molar-refractivity contribution in [2.24, 2.45) is 0 Å². The van der Waals surface area contributed by atoms with E-state index in [9.17, 15) is 18.0 Å². The van der Waals surface area contributed by atoms with Crippen molar-refractivity contribution in [3.05, 3.63) is 104 Å². The summed E-state index contributed by atoms with van der Waals surface area (Å²) < 4.78 is 39.9. The molecule has 2 aromatic carbocycles. The molecule has 0 radical (unpaired) electrons. The van der Waals surface area contributed by atoms with Crippen molar-refractivity contribution in [3.63, 3.8) is 0 Å². The lowest BCUT2D eigenvalue weighted by molar-refractivity contribution is -0.136. The molecule has 3 aromatic rings. The zero-order valence-corrected chi connectivity index (χ0v) is 27.3. The Morgan fingerprint density at radius 1 is 1.00 bits per heavy atom. The van der Waals surface area contributed by atoms with Crippen LogP contribution < -0.4 is 0 Å². The van der Waals surface area contributed by atoms with Crippen LogP contribution in [-0.2, 0) is 37.4 Å². The molecule has 0 N–H and O–H groups in total. The number of hydrogen-bond donors (Lipinski definition) is 0. The lowest BCUT2D eigenvalue weighted by Gasteiger charge is -2.32. The van der Waals surface area contributed by atoms with E-state index in [4.69, 9.17) is 44.0 Å². The van der Waals surface area contributed by atoms with Crippen LogP contribution in [-0.4, -0.2) is 42.7 Å². The molecule has 8 nitrogen and oxygen atoms in total. The summed E-state index contributed by atoms with van der Waals surface area (Å²) in [5.74, 6) is -0.265. The van der Waals surface area contributed by atoms with Crippen molar-refractivity contribution in [3.8, 4) is 0 Å². The first-order chi connectivity index (χ1) is 21.0. The number of methoxy groups -OCH3 is 1. The van der Waals surface area contributed by atoms with Gasteiger partial charge in [0.1, 0.15) is 11.5 Å². The Bertz CT molecular complexity index is 1740. The van der Waals surface area contributed by atoms with Crippen LogP contribution in [0.4, 0.5) is 0 Å². The average molecular weight is 678 g/mol. The summed E-state index contributed by atoms with van der Waals surface area (Å²) in [5, 5.41) is 1.06. The first-order valence-corrected chi connectivity index (χ1v) is 16.7. The Kier molecular flexibility index (Phi) is 9.92. The highest BCUT2D eigenvalue weighted by Gasteiger charge is 2.41. The van der Waals surface area contributed by atoms with Crippen molar-refractivity contribution < 1.29 is 27.2 Å². The summed E-state index contributed by atoms with van der Waals surface area (Å²) in [4.78, 5) is 28.2. The number of halogens is 3. The molecule has 5 rings (SSSR count). The van der Waals surface area contributed by atoms with Crippen molar-refractivity contribution in [1.82, 2.24) is 9.21 Å². The smallest absolute Gasteiger partial charge is 0.340 e. The summed E-state index contributed by atoms with van der Waals surface area (Å²) in [6, 6.07) is 14.1. The van der Waals surface area contributed by atoms with Gasteiger partial charge in [-0.05, 0) is 79.9 Å². The Labute approximate surface area is 271 Å². The molecule has 2 heterocycles. The van der Waals surface area contributed by atoms with Crippen molar-refractivity contribution in [2.75, 3.05) is 7.11 Å². The van der Waals surface area contributed by atoms with Gasteiger partial charge in [0.25, 0.3) is 5.91 Å². The van der Waals surface area contributed by atoms with E-state index >= 15 is 0 Å². The third-order valence-corrected chi connectivity index (χ3v) is 10.7. The van der Waals surface area contributed by atoms with Crippen LogP contribution in [0, 0.1) is 0 Å². The van der Waals surface area contributed by atoms with Gasteiger partial charge in [-0.1, -0.05) is 60.1 Å². The van der Waals surface area contributed by atoms with E-state index in [0.717, 1.165) is 32.1 Å². The molecule has 1 amide bonds. The van der Waals surface area contributed by atoms with E-state index in [1.807, 2.05) is 0 Å². The summed E-state index contributed by atoms with van der Waals surface area (Å²) in [6.07, 6.45) is 6.42. The van der Waals surface area contributed by atoms with Gasteiger partial charge in [-0.15, -0.1) is 0 Å². The number of carbonyl (C=O) groups is 2. The predicted molar refractivity (Wildman–Crippen MR) is 169 cm³/mol. The number of rotatable bonds is 9. The molecule has 1 aromatic heterocycles. The van der Waals surface area contributed by atoms with Gasteiger partial charge in [0.05, 0.1) is 39.7 Å². The molecule has 2 aliphatic rings. The Balaban J connectivity index is 1.46. The second-order valence-electron chi connectivity index (χ2n) is 10.8. The number of sulfonamides is 1. The molecule has 1 fully saturated rings. The fourth-order valence-electron chi connectivity index (χ4n) is 5.67. The van der Waals surface area contributed by atoms with E-state index in [-0.39, 0.29) is 41.1 Å². The molecule has 1 saturated carbocycles. The number of esters is 1. The van der Waals surface area contributed by atoms with Gasteiger partial charge in [0, 0.05) is 23.3 Å². The van der Waals surface area contributed by atoms with E-state index in [2.05, 4.69) is 0 Å². The molecule has 0 unspecified atom stereocenters. The van der Waals surface area contributed by atoms with E-state index < -0.39 is 16.0 Å². The third-order valence-electron chi connectivity index (χ3n) is 7.87. The molecule has 1 aliphatic carbocycles. The summed E-state index contributed by atoms with van der Waals surface area (Å²) in [6.45, 7) is 1.60. The highest BCUT2D eigenvalue weighted by Crippen LogP contribution is 2.37. The molecule has 232 valence electrons. The second kappa shape index (κ2) is 13.5. The van der Waals surface area contributed by atoms with Gasteiger partial charge in [-0.25, -0.2) is 13.2 Å². The Morgan fingerprint density at radius 2 is 1.70 bits per heavy atom. The van der Waals surface area contributed by atoms with Crippen LogP contribution >= 0.6 is 34.8 Å². The van der Waals surface area contributed by atoms with Gasteiger partial charge in [0.15, 0.2) is 0 Å². The van der Waals surface area contributed by atoms with E-state index in [1.165, 1.54) is 41.8 Å². The largest absolute Gasteiger partial charge is 0.465 e. The monoisotopic (exact) mass is 676 g/mol. The maximum atomic E-state index is 13.8. The SMILES string of the molecule is COC(=O)C1=C(C)N(C2CCCCC2)C(=O)/C1=C/c1ccc(CN(Cc2ccc(Cl)c(Cl)c2)S(=O)(=O)c2ccc(Cl)cc2)o1. The Hall–Kier alpha value is -3.08. The zero-order valence-electron chi connectivity index (χ0n) is 24.2. The van der Waals surface area contributed by atoms with E-state index in [1.54, 1.807) is 42.2 Å². The molecule has 44 heavy (non-hydrogen) atoms. The number of nitrogens with zero attached hydrogens (tertiary/aromatic N) is 2. The number of benzene rings is 2. The molecule has 0 atom stereocenters. The number of hydrogen-bond acceptors (Lipinski definition) is 6. The van der Waals surface area contributed by atoms with Crippen LogP contribution in [0.3, 0.4) is 0 Å². The number of furan rings is 1. The van der Waals surface area contributed by atoms with Crippen molar-refractivity contribution >= 4 is 62.8 Å². The quantitative estimate of drug-likeness (QED) is 0.171. The Morgan fingerprint density at radius 3 is 2.36 bits per heavy atom. The minimum Gasteiger partial charge on any atom is -0.465 e. The topological polar surface area (TPSA) is 97.1 Å². The fourth-order valence-corrected chi connectivity index (χ4v) is 7.51. The molecule has 1 aliphatic heterocycles. The first kappa shape index (κ1) is 32.3. The normalized spacial score (nSPS) is 17.3. The average Bonchev–Trinajstić information content (AvgIpc) is 3.55. The second-order valence-corrected chi connectivity index (χ2v) is 13.9. The first-order valence-electron chi connectivity index (χ1n) is 14.1. The number of carbonyl (C=O) groups excluding carboxylic acids is 2. The summed E-state index contributed by atoms with van der Waals surface area (Å²) in [7, 11) is -2.74. The molecule has 12 heteroatoms. The lowest BCUT2D eigenvalue weighted by Crippen LogP contribution is -2.37. The summed E-state index contributed by atoms with van der Waals surface area (Å²) in [5.41, 5.74) is 1.57. The molecule has 0 spiro atoms. The maximum Gasteiger partial charge on any atom is 0.340 e. The highest BCUT2D eigenvalue weighted by molar-refractivity contribution is 7.89. The van der Waals surface area contributed by atoms with Crippen LogP contribution in [0.5, 0.6) is 0 Å². The molecular weight excluding hydrogens is 647 g/mol. The number of amides is 1. The zero-order chi connectivity index (χ0) is 31.6. The standard InChI is InChI=1S/C32H31Cl3N2O6S/c1-20-30(32(39)42-2)27(31(38)37(20)23-6-4-3-5-7-23)17-24-11-12-25(43-24)19-36(18-21-8-15-28(34)29(35)16-21)44(40,41)26-13-9-22(33)10-14-26/h8-17,23H,3-7,18-19H2,1-2H3/b27-17+. The maximum absolute atomic E-state index is 13.8. The van der Waals surface area contributed by atoms with Crippen molar-refractivity contribution in [2.45, 2.75) is 63.1 Å². The van der Waals surface area contributed by atoms with Crippen molar-refractivity contribution in [1.29, 1.82) is 0 Å². The van der Waals surface area contributed by atoms with Gasteiger partial charge < -0.3 is 14.1 Å². The van der Waals surface area contributed by atoms with Crippen LogP contribution in [0.15, 0.2) is 80.8 Å². The van der Waals surface area contributed by atoms with Gasteiger partial charge in [0.2, 0.25) is 10.0 Å². The lowest BCUT2D eigenvalue weighted by atomic mass is 9.94. The molecule has 0 bridgehead atoms. The van der Waals surface area contributed by atoms with Gasteiger partial charge >= 0.3 is 5.97 Å². The number of ether oxygens (including phenoxy) is 1. The summed E-state index contributed by atoms with van der Waals surface area (Å²) >= 11 is 18.3. The third kappa shape index (κ3) is 6.77. The van der Waals surface area contributed by atoms with Gasteiger partial charge in [-0.2, -0.15) is 4.31 Å².